The Bertz CT molecular complexity index is 205. The smallest absolute Gasteiger partial charge is 0.0900 e. The average molecular weight is 261 g/mol. The van der Waals surface area contributed by atoms with Gasteiger partial charge in [-0.15, -0.1) is 0 Å². The van der Waals surface area contributed by atoms with Gasteiger partial charge in [0.15, 0.2) is 0 Å². The van der Waals surface area contributed by atoms with Gasteiger partial charge >= 0.3 is 0 Å². The number of aliphatic hydroxyl groups excluding tert-OH is 2. The first kappa shape index (κ1) is 15.9. The standard InChI is InChI=1S/C13H27NO4/c1-11(15)12-3-5-14(6-4-12)9-13(16)10-18-8-7-17-2/h11-13,15-16H,3-10H2,1-2H3. The number of likely N-dealkylation sites (tertiary alicyclic amines) is 1. The third-order valence-electron chi connectivity index (χ3n) is 3.53. The van der Waals surface area contributed by atoms with Gasteiger partial charge in [0.25, 0.3) is 0 Å². The molecule has 1 rings (SSSR count). The van der Waals surface area contributed by atoms with Gasteiger partial charge in [-0.3, -0.25) is 0 Å². The van der Waals surface area contributed by atoms with Crippen molar-refractivity contribution in [3.05, 3.63) is 0 Å². The molecule has 2 unspecified atom stereocenters. The van der Waals surface area contributed by atoms with Crippen LogP contribution in [-0.4, -0.2) is 73.9 Å². The largest absolute Gasteiger partial charge is 0.393 e. The molecule has 0 bridgehead atoms. The zero-order valence-electron chi connectivity index (χ0n) is 11.5. The molecule has 0 aliphatic carbocycles. The first-order chi connectivity index (χ1) is 8.63. The molecule has 1 saturated heterocycles. The number of hydrogen-bond acceptors (Lipinski definition) is 5. The number of β-amino-alcohol motifs (C(OH)–C–C–N with tert-alkyl or cyclic N) is 1. The Morgan fingerprint density at radius 2 is 1.89 bits per heavy atom. The summed E-state index contributed by atoms with van der Waals surface area (Å²) < 4.78 is 10.2. The fraction of sp³-hybridized carbons (Fsp3) is 1.00. The number of hydrogen-bond donors (Lipinski definition) is 2. The van der Waals surface area contributed by atoms with Crippen LogP contribution in [0.5, 0.6) is 0 Å². The van der Waals surface area contributed by atoms with Crippen LogP contribution in [0.15, 0.2) is 0 Å². The van der Waals surface area contributed by atoms with Crippen molar-refractivity contribution in [2.75, 3.05) is 46.6 Å². The van der Waals surface area contributed by atoms with Crippen molar-refractivity contribution in [3.8, 4) is 0 Å². The minimum atomic E-state index is -0.440. The summed E-state index contributed by atoms with van der Waals surface area (Å²) in [5, 5.41) is 19.3. The number of methoxy groups -OCH3 is 1. The topological polar surface area (TPSA) is 62.2 Å². The molecule has 0 spiro atoms. The zero-order chi connectivity index (χ0) is 13.4. The molecule has 0 radical (unpaired) electrons. The number of nitrogens with zero attached hydrogens (tertiary/aromatic N) is 1. The number of piperidine rings is 1. The summed E-state index contributed by atoms with van der Waals surface area (Å²) in [4.78, 5) is 2.24. The van der Waals surface area contributed by atoms with Crippen molar-refractivity contribution in [1.82, 2.24) is 4.90 Å². The fourth-order valence-corrected chi connectivity index (χ4v) is 2.33. The van der Waals surface area contributed by atoms with E-state index in [1.165, 1.54) is 0 Å². The lowest BCUT2D eigenvalue weighted by molar-refractivity contribution is -0.00901. The summed E-state index contributed by atoms with van der Waals surface area (Å²) in [6.07, 6.45) is 1.36. The summed E-state index contributed by atoms with van der Waals surface area (Å²) in [7, 11) is 1.63. The van der Waals surface area contributed by atoms with Crippen LogP contribution in [0.3, 0.4) is 0 Å². The molecule has 0 aromatic heterocycles. The Morgan fingerprint density at radius 3 is 2.44 bits per heavy atom. The molecule has 1 aliphatic rings. The Morgan fingerprint density at radius 1 is 1.22 bits per heavy atom. The summed E-state index contributed by atoms with van der Waals surface area (Å²) in [6, 6.07) is 0. The van der Waals surface area contributed by atoms with Crippen LogP contribution in [0.25, 0.3) is 0 Å². The van der Waals surface area contributed by atoms with E-state index < -0.39 is 6.10 Å². The molecule has 0 saturated carbocycles. The zero-order valence-corrected chi connectivity index (χ0v) is 11.5. The molecular weight excluding hydrogens is 234 g/mol. The van der Waals surface area contributed by atoms with Gasteiger partial charge in [-0.2, -0.15) is 0 Å². The van der Waals surface area contributed by atoms with Crippen LogP contribution in [0, 0.1) is 5.92 Å². The molecule has 1 aliphatic heterocycles. The highest BCUT2D eigenvalue weighted by Crippen LogP contribution is 2.20. The second-order valence-corrected chi connectivity index (χ2v) is 5.10. The van der Waals surface area contributed by atoms with Gasteiger partial charge in [-0.25, -0.2) is 0 Å². The molecule has 1 heterocycles. The molecule has 2 N–H and O–H groups in total. The van der Waals surface area contributed by atoms with Crippen LogP contribution in [-0.2, 0) is 9.47 Å². The van der Waals surface area contributed by atoms with Crippen molar-refractivity contribution < 1.29 is 19.7 Å². The Kier molecular flexibility index (Phi) is 7.77. The van der Waals surface area contributed by atoms with Crippen molar-refractivity contribution in [2.24, 2.45) is 5.92 Å². The third-order valence-corrected chi connectivity index (χ3v) is 3.53. The summed E-state index contributed by atoms with van der Waals surface area (Å²) in [6.45, 7) is 5.86. The predicted octanol–water partition coefficient (Wildman–Crippen LogP) is 0.103. The van der Waals surface area contributed by atoms with Gasteiger partial charge in [0.1, 0.15) is 0 Å². The average Bonchev–Trinajstić information content (AvgIpc) is 2.35. The summed E-state index contributed by atoms with van der Waals surface area (Å²) in [5.74, 6) is 0.413. The van der Waals surface area contributed by atoms with Crippen LogP contribution >= 0.6 is 0 Å². The van der Waals surface area contributed by atoms with E-state index in [4.69, 9.17) is 9.47 Å². The second kappa shape index (κ2) is 8.82. The Labute approximate surface area is 110 Å². The summed E-state index contributed by atoms with van der Waals surface area (Å²) in [5.41, 5.74) is 0. The lowest BCUT2D eigenvalue weighted by Crippen LogP contribution is -2.42. The highest BCUT2D eigenvalue weighted by atomic mass is 16.5. The van der Waals surface area contributed by atoms with Crippen LogP contribution in [0.1, 0.15) is 19.8 Å². The van der Waals surface area contributed by atoms with Crippen LogP contribution in [0.4, 0.5) is 0 Å². The van der Waals surface area contributed by atoms with E-state index >= 15 is 0 Å². The van der Waals surface area contributed by atoms with Crippen molar-refractivity contribution in [3.63, 3.8) is 0 Å². The first-order valence-corrected chi connectivity index (χ1v) is 6.78. The monoisotopic (exact) mass is 261 g/mol. The second-order valence-electron chi connectivity index (χ2n) is 5.10. The van der Waals surface area contributed by atoms with E-state index in [-0.39, 0.29) is 6.10 Å². The van der Waals surface area contributed by atoms with Crippen molar-refractivity contribution in [1.29, 1.82) is 0 Å². The molecule has 5 heteroatoms. The Balaban J connectivity index is 2.08. The summed E-state index contributed by atoms with van der Waals surface area (Å²) >= 11 is 0. The first-order valence-electron chi connectivity index (χ1n) is 6.78. The van der Waals surface area contributed by atoms with E-state index in [1.807, 2.05) is 6.92 Å². The van der Waals surface area contributed by atoms with Crippen LogP contribution in [0.2, 0.25) is 0 Å². The number of ether oxygens (including phenoxy) is 2. The molecule has 18 heavy (non-hydrogen) atoms. The molecular formula is C13H27NO4. The lowest BCUT2D eigenvalue weighted by atomic mass is 9.92. The quantitative estimate of drug-likeness (QED) is 0.607. The van der Waals surface area contributed by atoms with E-state index in [9.17, 15) is 10.2 Å². The van der Waals surface area contributed by atoms with E-state index in [1.54, 1.807) is 7.11 Å². The maximum Gasteiger partial charge on any atom is 0.0900 e. The van der Waals surface area contributed by atoms with Crippen molar-refractivity contribution in [2.45, 2.75) is 32.0 Å². The minimum Gasteiger partial charge on any atom is -0.393 e. The van der Waals surface area contributed by atoms with E-state index in [2.05, 4.69) is 4.90 Å². The fourth-order valence-electron chi connectivity index (χ4n) is 2.33. The molecule has 108 valence electrons. The SMILES string of the molecule is COCCOCC(O)CN1CCC(C(C)O)CC1. The van der Waals surface area contributed by atoms with Gasteiger partial charge < -0.3 is 24.6 Å². The van der Waals surface area contributed by atoms with Gasteiger partial charge in [-0.1, -0.05) is 0 Å². The molecule has 0 aromatic rings. The van der Waals surface area contributed by atoms with Gasteiger partial charge in [0.05, 0.1) is 32.0 Å². The predicted molar refractivity (Wildman–Crippen MR) is 69.5 cm³/mol. The molecule has 0 aromatic carbocycles. The molecule has 2 atom stereocenters. The maximum absolute atomic E-state index is 9.82. The number of aliphatic hydroxyl groups is 2. The lowest BCUT2D eigenvalue weighted by Gasteiger charge is -2.34. The van der Waals surface area contributed by atoms with Gasteiger partial charge in [-0.05, 0) is 38.8 Å². The van der Waals surface area contributed by atoms with E-state index in [0.29, 0.717) is 32.3 Å². The highest BCUT2D eigenvalue weighted by Gasteiger charge is 2.23. The number of rotatable bonds is 8. The Hall–Kier alpha value is -0.200. The van der Waals surface area contributed by atoms with Gasteiger partial charge in [0.2, 0.25) is 0 Å². The van der Waals surface area contributed by atoms with Crippen molar-refractivity contribution >= 4 is 0 Å². The van der Waals surface area contributed by atoms with E-state index in [0.717, 1.165) is 25.9 Å². The molecule has 5 nitrogen and oxygen atoms in total. The minimum absolute atomic E-state index is 0.213. The normalized spacial score (nSPS) is 22.0. The highest BCUT2D eigenvalue weighted by molar-refractivity contribution is 4.76. The molecule has 0 amide bonds. The van der Waals surface area contributed by atoms with Crippen LogP contribution < -0.4 is 0 Å². The van der Waals surface area contributed by atoms with Gasteiger partial charge in [0, 0.05) is 13.7 Å². The third kappa shape index (κ3) is 6.11. The maximum atomic E-state index is 9.82. The molecule has 1 fully saturated rings.